The Labute approximate surface area is 109 Å². The molecule has 1 aromatic rings. The van der Waals surface area contributed by atoms with Crippen LogP contribution in [0.4, 0.5) is 0 Å². The number of nitrogens with one attached hydrogen (secondary N) is 1. The normalized spacial score (nSPS) is 11.4. The van der Waals surface area contributed by atoms with E-state index in [4.69, 9.17) is 4.74 Å². The second-order valence-corrected chi connectivity index (χ2v) is 4.11. The summed E-state index contributed by atoms with van der Waals surface area (Å²) in [6.45, 7) is 5.76. The summed E-state index contributed by atoms with van der Waals surface area (Å²) in [5.41, 5.74) is 0. The standard InChI is InChI=1S/C13H24N4O/c1-3-10-17-13(15-12-16-17)7-5-4-6-8-14-9-11-18-2/h4-5,12,14H,3,6-11H2,1-2H3. The number of hydrogen-bond donors (Lipinski definition) is 1. The number of hydrogen-bond acceptors (Lipinski definition) is 4. The summed E-state index contributed by atoms with van der Waals surface area (Å²) >= 11 is 0. The van der Waals surface area contributed by atoms with Gasteiger partial charge >= 0.3 is 0 Å². The average molecular weight is 252 g/mol. The summed E-state index contributed by atoms with van der Waals surface area (Å²) in [6.07, 6.45) is 8.96. The van der Waals surface area contributed by atoms with E-state index in [-0.39, 0.29) is 0 Å². The van der Waals surface area contributed by atoms with Gasteiger partial charge in [-0.15, -0.1) is 0 Å². The predicted octanol–water partition coefficient (Wildman–Crippen LogP) is 1.41. The molecule has 0 aliphatic carbocycles. The molecule has 0 saturated heterocycles. The Morgan fingerprint density at radius 3 is 3.06 bits per heavy atom. The molecule has 0 atom stereocenters. The van der Waals surface area contributed by atoms with Gasteiger partial charge in [0.15, 0.2) is 0 Å². The molecule has 102 valence electrons. The van der Waals surface area contributed by atoms with Crippen molar-refractivity contribution in [3.05, 3.63) is 24.3 Å². The van der Waals surface area contributed by atoms with Crippen molar-refractivity contribution in [2.45, 2.75) is 32.7 Å². The van der Waals surface area contributed by atoms with Crippen molar-refractivity contribution in [1.82, 2.24) is 20.1 Å². The number of rotatable bonds is 10. The Morgan fingerprint density at radius 2 is 2.28 bits per heavy atom. The van der Waals surface area contributed by atoms with Crippen LogP contribution >= 0.6 is 0 Å². The highest BCUT2D eigenvalue weighted by Gasteiger charge is 1.99. The van der Waals surface area contributed by atoms with Crippen LogP contribution in [-0.2, 0) is 17.7 Å². The summed E-state index contributed by atoms with van der Waals surface area (Å²) in [4.78, 5) is 4.26. The zero-order chi connectivity index (χ0) is 13.1. The van der Waals surface area contributed by atoms with Crippen molar-refractivity contribution in [3.63, 3.8) is 0 Å². The number of methoxy groups -OCH3 is 1. The molecule has 1 N–H and O–H groups in total. The van der Waals surface area contributed by atoms with Gasteiger partial charge in [0.25, 0.3) is 0 Å². The van der Waals surface area contributed by atoms with Crippen LogP contribution in [-0.4, -0.2) is 41.6 Å². The van der Waals surface area contributed by atoms with E-state index in [1.165, 1.54) is 0 Å². The summed E-state index contributed by atoms with van der Waals surface area (Å²) in [5.74, 6) is 1.04. The zero-order valence-electron chi connectivity index (χ0n) is 11.4. The van der Waals surface area contributed by atoms with Crippen LogP contribution in [0.2, 0.25) is 0 Å². The molecule has 0 amide bonds. The van der Waals surface area contributed by atoms with Crippen molar-refractivity contribution >= 4 is 0 Å². The first-order valence-corrected chi connectivity index (χ1v) is 6.59. The molecule has 0 aliphatic heterocycles. The highest BCUT2D eigenvalue weighted by Crippen LogP contribution is 1.98. The first kappa shape index (κ1) is 14.9. The molecule has 1 heterocycles. The van der Waals surface area contributed by atoms with Gasteiger partial charge in [0, 0.05) is 26.6 Å². The second-order valence-electron chi connectivity index (χ2n) is 4.11. The van der Waals surface area contributed by atoms with Crippen LogP contribution in [0.25, 0.3) is 0 Å². The van der Waals surface area contributed by atoms with Crippen LogP contribution in [0, 0.1) is 0 Å². The topological polar surface area (TPSA) is 52.0 Å². The van der Waals surface area contributed by atoms with Gasteiger partial charge in [-0.05, 0) is 19.4 Å². The average Bonchev–Trinajstić information content (AvgIpc) is 2.81. The molecule has 5 nitrogen and oxygen atoms in total. The highest BCUT2D eigenvalue weighted by atomic mass is 16.5. The van der Waals surface area contributed by atoms with Gasteiger partial charge < -0.3 is 10.1 Å². The maximum absolute atomic E-state index is 4.96. The molecule has 0 spiro atoms. The quantitative estimate of drug-likeness (QED) is 0.505. The van der Waals surface area contributed by atoms with E-state index < -0.39 is 0 Å². The Balaban J connectivity index is 2.13. The van der Waals surface area contributed by atoms with E-state index in [9.17, 15) is 0 Å². The lowest BCUT2D eigenvalue weighted by Crippen LogP contribution is -2.19. The molecule has 18 heavy (non-hydrogen) atoms. The minimum Gasteiger partial charge on any atom is -0.383 e. The van der Waals surface area contributed by atoms with Gasteiger partial charge in [-0.2, -0.15) is 5.10 Å². The highest BCUT2D eigenvalue weighted by molar-refractivity contribution is 4.96. The molecule has 1 rings (SSSR count). The van der Waals surface area contributed by atoms with Crippen molar-refractivity contribution < 1.29 is 4.74 Å². The van der Waals surface area contributed by atoms with E-state index >= 15 is 0 Å². The fraction of sp³-hybridized carbons (Fsp3) is 0.692. The molecular formula is C13H24N4O. The van der Waals surface area contributed by atoms with E-state index in [1.807, 2.05) is 4.68 Å². The van der Waals surface area contributed by atoms with Crippen LogP contribution in [0.1, 0.15) is 25.6 Å². The van der Waals surface area contributed by atoms with Gasteiger partial charge in [0.2, 0.25) is 0 Å². The third kappa shape index (κ3) is 5.93. The summed E-state index contributed by atoms with van der Waals surface area (Å²) < 4.78 is 6.93. The van der Waals surface area contributed by atoms with Crippen molar-refractivity contribution in [2.24, 2.45) is 0 Å². The van der Waals surface area contributed by atoms with Crippen LogP contribution in [0.5, 0.6) is 0 Å². The summed E-state index contributed by atoms with van der Waals surface area (Å²) in [7, 11) is 1.72. The fourth-order valence-electron chi connectivity index (χ4n) is 1.64. The van der Waals surface area contributed by atoms with E-state index in [0.29, 0.717) is 0 Å². The lowest BCUT2D eigenvalue weighted by Gasteiger charge is -2.02. The van der Waals surface area contributed by atoms with Gasteiger partial charge in [-0.3, -0.25) is 0 Å². The van der Waals surface area contributed by atoms with Gasteiger partial charge in [-0.1, -0.05) is 19.1 Å². The SMILES string of the molecule is CCCn1ncnc1CC=CCCNCCOC. The molecule has 0 fully saturated rings. The van der Waals surface area contributed by atoms with E-state index in [1.54, 1.807) is 13.4 Å². The number of aryl methyl sites for hydroxylation is 1. The third-order valence-electron chi connectivity index (χ3n) is 2.57. The largest absolute Gasteiger partial charge is 0.383 e. The van der Waals surface area contributed by atoms with Crippen LogP contribution in [0.15, 0.2) is 18.5 Å². The molecular weight excluding hydrogens is 228 g/mol. The Kier molecular flexibility index (Phi) is 8.08. The number of allylic oxidation sites excluding steroid dienone is 1. The van der Waals surface area contributed by atoms with Crippen molar-refractivity contribution in [1.29, 1.82) is 0 Å². The number of ether oxygens (including phenoxy) is 1. The Morgan fingerprint density at radius 1 is 1.39 bits per heavy atom. The second kappa shape index (κ2) is 9.79. The predicted molar refractivity (Wildman–Crippen MR) is 72.5 cm³/mol. The molecule has 0 aromatic carbocycles. The molecule has 0 saturated carbocycles. The molecule has 0 aliphatic rings. The Bertz CT molecular complexity index is 335. The molecule has 0 radical (unpaired) electrons. The first-order chi connectivity index (χ1) is 8.88. The maximum atomic E-state index is 4.96. The molecule has 0 bridgehead atoms. The minimum absolute atomic E-state index is 0.768. The summed E-state index contributed by atoms with van der Waals surface area (Å²) in [5, 5.41) is 7.50. The smallest absolute Gasteiger partial charge is 0.138 e. The van der Waals surface area contributed by atoms with Gasteiger partial charge in [0.05, 0.1) is 6.61 Å². The zero-order valence-corrected chi connectivity index (χ0v) is 11.4. The Hall–Kier alpha value is -1.20. The van der Waals surface area contributed by atoms with Gasteiger partial charge in [-0.25, -0.2) is 9.67 Å². The van der Waals surface area contributed by atoms with Crippen LogP contribution < -0.4 is 5.32 Å². The molecule has 0 unspecified atom stereocenters. The van der Waals surface area contributed by atoms with Gasteiger partial charge in [0.1, 0.15) is 12.2 Å². The lowest BCUT2D eigenvalue weighted by molar-refractivity contribution is 0.199. The lowest BCUT2D eigenvalue weighted by atomic mass is 10.3. The maximum Gasteiger partial charge on any atom is 0.138 e. The molecule has 5 heteroatoms. The minimum atomic E-state index is 0.768. The van der Waals surface area contributed by atoms with Crippen LogP contribution in [0.3, 0.4) is 0 Å². The monoisotopic (exact) mass is 252 g/mol. The summed E-state index contributed by atoms with van der Waals surface area (Å²) in [6, 6.07) is 0. The van der Waals surface area contributed by atoms with E-state index in [0.717, 1.165) is 51.3 Å². The fourth-order valence-corrected chi connectivity index (χ4v) is 1.64. The first-order valence-electron chi connectivity index (χ1n) is 6.59. The number of nitrogens with zero attached hydrogens (tertiary/aromatic N) is 3. The number of aromatic nitrogens is 3. The van der Waals surface area contributed by atoms with E-state index in [2.05, 4.69) is 34.5 Å². The van der Waals surface area contributed by atoms with Crippen molar-refractivity contribution in [3.8, 4) is 0 Å². The molecule has 1 aromatic heterocycles. The van der Waals surface area contributed by atoms with Crippen molar-refractivity contribution in [2.75, 3.05) is 26.8 Å². The third-order valence-corrected chi connectivity index (χ3v) is 2.57.